The second-order valence-electron chi connectivity index (χ2n) is 12.0. The third-order valence-electron chi connectivity index (χ3n) is 7.91. The molecule has 0 fully saturated rings. The molecule has 3 rings (SSSR count). The molecule has 0 aromatic heterocycles. The molecular formula is C34H47O6PSi2. The molecule has 0 amide bonds. The van der Waals surface area contributed by atoms with Gasteiger partial charge in [-0.1, -0.05) is 65.7 Å². The summed E-state index contributed by atoms with van der Waals surface area (Å²) in [5.41, 5.74) is 4.56. The van der Waals surface area contributed by atoms with Crippen molar-refractivity contribution in [2.75, 3.05) is 19.9 Å². The van der Waals surface area contributed by atoms with Crippen molar-refractivity contribution in [3.8, 4) is 0 Å². The van der Waals surface area contributed by atoms with E-state index in [1.165, 1.54) is 0 Å². The fourth-order valence-electron chi connectivity index (χ4n) is 6.03. The Morgan fingerprint density at radius 1 is 0.767 bits per heavy atom. The van der Waals surface area contributed by atoms with Gasteiger partial charge in [0.1, 0.15) is 0 Å². The average molecular weight is 639 g/mol. The molecule has 43 heavy (non-hydrogen) atoms. The summed E-state index contributed by atoms with van der Waals surface area (Å²) in [6.07, 6.45) is 0.245. The number of aryl methyl sites for hydroxylation is 6. The van der Waals surface area contributed by atoms with Crippen molar-refractivity contribution in [2.24, 2.45) is 0 Å². The first-order valence-corrected chi connectivity index (χ1v) is 21.6. The molecule has 6 nitrogen and oxygen atoms in total. The summed E-state index contributed by atoms with van der Waals surface area (Å²) < 4.78 is 34.2. The summed E-state index contributed by atoms with van der Waals surface area (Å²) in [5, 5.41) is 0.942. The maximum absolute atomic E-state index is 15.1. The molecule has 0 aliphatic heterocycles. The van der Waals surface area contributed by atoms with E-state index in [4.69, 9.17) is 13.0 Å². The Balaban J connectivity index is 2.13. The van der Waals surface area contributed by atoms with E-state index >= 15 is 4.57 Å². The van der Waals surface area contributed by atoms with Crippen LogP contribution < -0.4 is 5.19 Å². The summed E-state index contributed by atoms with van der Waals surface area (Å²) in [4.78, 5) is 28.8. The van der Waals surface area contributed by atoms with Gasteiger partial charge in [-0.25, -0.2) is 0 Å². The number of rotatable bonds is 14. The van der Waals surface area contributed by atoms with Crippen LogP contribution in [-0.4, -0.2) is 48.0 Å². The van der Waals surface area contributed by atoms with Gasteiger partial charge < -0.3 is 17.5 Å². The Hall–Kier alpha value is -2.46. The first kappa shape index (κ1) is 35.0. The number of benzene rings is 3. The maximum Gasteiger partial charge on any atom is 0.363 e. The molecule has 0 bridgehead atoms. The Kier molecular flexibility index (Phi) is 11.5. The highest BCUT2D eigenvalue weighted by atomic mass is 31.2. The summed E-state index contributed by atoms with van der Waals surface area (Å²) in [7, 11) is -8.19. The van der Waals surface area contributed by atoms with Crippen LogP contribution in [0.5, 0.6) is 0 Å². The first-order chi connectivity index (χ1) is 20.1. The number of carbonyl (C=O) groups excluding carboxylic acids is 2. The van der Waals surface area contributed by atoms with Gasteiger partial charge in [-0.3, -0.25) is 9.59 Å². The van der Waals surface area contributed by atoms with E-state index < -0.39 is 35.3 Å². The van der Waals surface area contributed by atoms with E-state index in [1.54, 1.807) is 7.11 Å². The number of hydrogen-bond acceptors (Lipinski definition) is 6. The third kappa shape index (κ3) is 7.80. The predicted molar refractivity (Wildman–Crippen MR) is 181 cm³/mol. The van der Waals surface area contributed by atoms with Crippen molar-refractivity contribution in [2.45, 2.75) is 74.0 Å². The van der Waals surface area contributed by atoms with Crippen molar-refractivity contribution in [3.05, 3.63) is 99.1 Å². The van der Waals surface area contributed by atoms with E-state index in [1.807, 2.05) is 116 Å². The topological polar surface area (TPSA) is 78.9 Å². The van der Waals surface area contributed by atoms with Gasteiger partial charge in [-0.15, -0.1) is 0 Å². The standard InChI is InChI=1S/C34H47O6PSi2/c1-11-39-43(40-42(9,10)38-8,30-16-13-12-14-17-30)19-15-18-41(37,33(35)31-26(4)20-24(2)21-27(31)5)34(36)32-28(6)22-25(3)23-29(32)7/h12-14,16-17,20-23H,11,15,18-19H2,1-10H3. The molecule has 0 heterocycles. The highest BCUT2D eigenvalue weighted by Gasteiger charge is 2.48. The summed E-state index contributed by atoms with van der Waals surface area (Å²) in [6, 6.07) is 17.9. The zero-order chi connectivity index (χ0) is 32.2. The van der Waals surface area contributed by atoms with Crippen molar-refractivity contribution in [1.29, 1.82) is 0 Å². The molecule has 9 heteroatoms. The Morgan fingerprint density at radius 3 is 1.60 bits per heavy atom. The lowest BCUT2D eigenvalue weighted by molar-refractivity contribution is 0.103. The lowest BCUT2D eigenvalue weighted by Gasteiger charge is -2.37. The van der Waals surface area contributed by atoms with E-state index in [-0.39, 0.29) is 6.16 Å². The molecule has 0 N–H and O–H groups in total. The maximum atomic E-state index is 15.1. The summed E-state index contributed by atoms with van der Waals surface area (Å²) >= 11 is 0. The SMILES string of the molecule is CCO[Si](CCCP(=O)(C(=O)c1c(C)cc(C)cc1C)C(=O)c1c(C)cc(C)cc1C)(O[Si](C)(C)OC)c1ccccc1. The summed E-state index contributed by atoms with van der Waals surface area (Å²) in [6.45, 7) is 17.6. The van der Waals surface area contributed by atoms with Gasteiger partial charge >= 0.3 is 17.1 Å². The van der Waals surface area contributed by atoms with Gasteiger partial charge in [0.15, 0.2) is 0 Å². The monoisotopic (exact) mass is 638 g/mol. The molecule has 1 unspecified atom stereocenters. The smallest absolute Gasteiger partial charge is 0.363 e. The van der Waals surface area contributed by atoms with E-state index in [2.05, 4.69) is 0 Å². The van der Waals surface area contributed by atoms with Gasteiger partial charge in [-0.05, 0) is 101 Å². The van der Waals surface area contributed by atoms with Crippen molar-refractivity contribution < 1.29 is 27.1 Å². The molecule has 0 spiro atoms. The molecule has 0 aliphatic carbocycles. The van der Waals surface area contributed by atoms with Crippen LogP contribution in [0.1, 0.15) is 67.4 Å². The van der Waals surface area contributed by atoms with Gasteiger partial charge in [0.2, 0.25) is 18.2 Å². The van der Waals surface area contributed by atoms with E-state index in [9.17, 15) is 9.59 Å². The van der Waals surface area contributed by atoms with Crippen LogP contribution in [0.2, 0.25) is 19.1 Å². The Morgan fingerprint density at radius 2 is 1.21 bits per heavy atom. The lowest BCUT2D eigenvalue weighted by Crippen LogP contribution is -2.60. The Labute approximate surface area is 260 Å². The van der Waals surface area contributed by atoms with Crippen molar-refractivity contribution in [1.82, 2.24) is 0 Å². The van der Waals surface area contributed by atoms with Crippen LogP contribution in [-0.2, 0) is 17.5 Å². The van der Waals surface area contributed by atoms with Crippen LogP contribution >= 0.6 is 7.14 Å². The van der Waals surface area contributed by atoms with Crippen molar-refractivity contribution >= 4 is 40.5 Å². The second-order valence-corrected chi connectivity index (χ2v) is 21.6. The molecule has 232 valence electrons. The summed E-state index contributed by atoms with van der Waals surface area (Å²) in [5.74, 6) is 0. The zero-order valence-corrected chi connectivity index (χ0v) is 30.3. The lowest BCUT2D eigenvalue weighted by atomic mass is 10.0. The van der Waals surface area contributed by atoms with Gasteiger partial charge in [-0.2, -0.15) is 0 Å². The molecule has 1 atom stereocenters. The van der Waals surface area contributed by atoms with Crippen LogP contribution in [0.3, 0.4) is 0 Å². The zero-order valence-electron chi connectivity index (χ0n) is 27.4. The molecule has 0 saturated heterocycles. The van der Waals surface area contributed by atoms with Crippen molar-refractivity contribution in [3.63, 3.8) is 0 Å². The van der Waals surface area contributed by atoms with Crippen LogP contribution in [0.4, 0.5) is 0 Å². The molecule has 0 saturated carbocycles. The minimum atomic E-state index is -4.12. The number of carbonyl (C=O) groups is 2. The van der Waals surface area contributed by atoms with Crippen LogP contribution in [0, 0.1) is 41.5 Å². The largest absolute Gasteiger partial charge is 0.411 e. The van der Waals surface area contributed by atoms with Gasteiger partial charge in [0.05, 0.1) is 0 Å². The van der Waals surface area contributed by atoms with E-state index in [0.717, 1.165) is 38.6 Å². The van der Waals surface area contributed by atoms with Crippen LogP contribution in [0.15, 0.2) is 54.6 Å². The fraction of sp³-hybridized carbons (Fsp3) is 0.412. The second kappa shape index (κ2) is 14.1. The minimum absolute atomic E-state index is 0.0723. The molecule has 0 aliphatic rings. The third-order valence-corrected chi connectivity index (χ3v) is 17.9. The minimum Gasteiger partial charge on any atom is -0.411 e. The highest BCUT2D eigenvalue weighted by Crippen LogP contribution is 2.54. The number of hydrogen-bond donors (Lipinski definition) is 0. The van der Waals surface area contributed by atoms with Crippen LogP contribution in [0.25, 0.3) is 0 Å². The first-order valence-electron chi connectivity index (χ1n) is 14.9. The quantitative estimate of drug-likeness (QED) is 0.131. The fourth-order valence-corrected chi connectivity index (χ4v) is 16.0. The predicted octanol–water partition coefficient (Wildman–Crippen LogP) is 8.02. The average Bonchev–Trinajstić information content (AvgIpc) is 2.92. The molecule has 3 aromatic rings. The molecule has 3 aromatic carbocycles. The molecular weight excluding hydrogens is 592 g/mol. The highest BCUT2D eigenvalue weighted by molar-refractivity contribution is 7.95. The van der Waals surface area contributed by atoms with Gasteiger partial charge in [0, 0.05) is 31.0 Å². The molecule has 0 radical (unpaired) electrons. The van der Waals surface area contributed by atoms with E-state index in [0.29, 0.717) is 30.2 Å². The Bertz CT molecular complexity index is 1420. The normalized spacial score (nSPS) is 13.5. The van der Waals surface area contributed by atoms with Gasteiger partial charge in [0.25, 0.3) is 0 Å².